The van der Waals surface area contributed by atoms with Crippen LogP contribution in [0.25, 0.3) is 0 Å². The minimum Gasteiger partial charge on any atom is -0.428 e. The zero-order valence-corrected chi connectivity index (χ0v) is 11.5. The topological polar surface area (TPSA) is 61.3 Å². The molecule has 2 heterocycles. The number of nitrogens with zero attached hydrogens (tertiary/aromatic N) is 2. The molecule has 0 unspecified atom stereocenters. The molecule has 0 saturated heterocycles. The first-order valence-corrected chi connectivity index (χ1v) is 6.27. The number of hydrogen-bond acceptors (Lipinski definition) is 5. The normalized spacial score (nSPS) is 10.1. The van der Waals surface area contributed by atoms with Crippen LogP contribution < -0.4 is 0 Å². The molecule has 0 bridgehead atoms. The highest BCUT2D eigenvalue weighted by Crippen LogP contribution is 2.08. The fraction of sp³-hybridized carbons (Fsp3) is 0.267. The molecule has 2 aromatic heterocycles. The monoisotopic (exact) mass is 272 g/mol. The van der Waals surface area contributed by atoms with E-state index in [-0.39, 0.29) is 13.2 Å². The molecule has 0 saturated carbocycles. The molecule has 0 aliphatic carbocycles. The van der Waals surface area contributed by atoms with Crippen LogP contribution in [0.15, 0.2) is 36.7 Å². The quantitative estimate of drug-likeness (QED) is 0.801. The zero-order chi connectivity index (χ0) is 14.4. The third-order valence-electron chi connectivity index (χ3n) is 2.89. The molecule has 0 aliphatic heterocycles. The van der Waals surface area contributed by atoms with E-state index in [2.05, 4.69) is 9.97 Å². The van der Waals surface area contributed by atoms with Gasteiger partial charge in [-0.3, -0.25) is 9.97 Å². The van der Waals surface area contributed by atoms with Crippen molar-refractivity contribution in [3.63, 3.8) is 0 Å². The predicted octanol–water partition coefficient (Wildman–Crippen LogP) is 2.95. The van der Waals surface area contributed by atoms with Gasteiger partial charge in [0.05, 0.1) is 11.4 Å². The Morgan fingerprint density at radius 3 is 1.80 bits per heavy atom. The summed E-state index contributed by atoms with van der Waals surface area (Å²) in [5.74, 6) is 0. The number of pyridine rings is 2. The van der Waals surface area contributed by atoms with E-state index in [1.807, 2.05) is 38.1 Å². The van der Waals surface area contributed by atoms with E-state index >= 15 is 0 Å². The minimum atomic E-state index is -0.722. The molecule has 5 heteroatoms. The Labute approximate surface area is 117 Å². The maximum absolute atomic E-state index is 11.5. The van der Waals surface area contributed by atoms with Crippen LogP contribution in [-0.2, 0) is 22.7 Å². The lowest BCUT2D eigenvalue weighted by Gasteiger charge is -2.08. The van der Waals surface area contributed by atoms with E-state index in [4.69, 9.17) is 9.47 Å². The van der Waals surface area contributed by atoms with Gasteiger partial charge >= 0.3 is 6.16 Å². The summed E-state index contributed by atoms with van der Waals surface area (Å²) < 4.78 is 10.0. The summed E-state index contributed by atoms with van der Waals surface area (Å²) >= 11 is 0. The largest absolute Gasteiger partial charge is 0.509 e. The summed E-state index contributed by atoms with van der Waals surface area (Å²) in [6.07, 6.45) is 2.60. The summed E-state index contributed by atoms with van der Waals surface area (Å²) in [5.41, 5.74) is 3.39. The Morgan fingerprint density at radius 2 is 1.40 bits per heavy atom. The maximum atomic E-state index is 11.5. The second-order valence-corrected chi connectivity index (χ2v) is 4.36. The van der Waals surface area contributed by atoms with Crippen molar-refractivity contribution in [3.8, 4) is 0 Å². The second kappa shape index (κ2) is 6.65. The average Bonchev–Trinajstić information content (AvgIpc) is 2.45. The third kappa shape index (κ3) is 3.78. The molecule has 0 aliphatic rings. The average molecular weight is 272 g/mol. The van der Waals surface area contributed by atoms with Crippen LogP contribution in [0.4, 0.5) is 4.79 Å². The molecular formula is C15H16N2O3. The Kier molecular flexibility index (Phi) is 4.65. The highest BCUT2D eigenvalue weighted by Gasteiger charge is 2.08. The zero-order valence-electron chi connectivity index (χ0n) is 11.5. The minimum absolute atomic E-state index is 0.104. The number of carbonyl (C=O) groups excluding carboxylic acids is 1. The molecule has 2 rings (SSSR count). The lowest BCUT2D eigenvalue weighted by Crippen LogP contribution is -2.10. The van der Waals surface area contributed by atoms with Crippen molar-refractivity contribution in [3.05, 3.63) is 59.2 Å². The SMILES string of the molecule is Cc1cccnc1COC(=O)OCc1ncccc1C. The first-order valence-electron chi connectivity index (χ1n) is 6.27. The summed E-state index contributed by atoms with van der Waals surface area (Å²) in [6, 6.07) is 7.49. The van der Waals surface area contributed by atoms with Gasteiger partial charge < -0.3 is 9.47 Å². The van der Waals surface area contributed by atoms with E-state index in [1.54, 1.807) is 12.4 Å². The van der Waals surface area contributed by atoms with Crippen LogP contribution in [0.1, 0.15) is 22.5 Å². The smallest absolute Gasteiger partial charge is 0.428 e. The van der Waals surface area contributed by atoms with Gasteiger partial charge in [0.25, 0.3) is 0 Å². The van der Waals surface area contributed by atoms with Gasteiger partial charge in [0.2, 0.25) is 0 Å². The number of aromatic nitrogens is 2. The Balaban J connectivity index is 1.82. The standard InChI is InChI=1S/C15H16N2O3/c1-11-5-3-7-16-13(11)9-19-15(18)20-10-14-12(2)6-4-8-17-14/h3-8H,9-10H2,1-2H3. The molecule has 5 nitrogen and oxygen atoms in total. The van der Waals surface area contributed by atoms with Gasteiger partial charge in [0.1, 0.15) is 13.2 Å². The van der Waals surface area contributed by atoms with Crippen molar-refractivity contribution >= 4 is 6.16 Å². The first-order chi connectivity index (χ1) is 9.66. The van der Waals surface area contributed by atoms with Crippen molar-refractivity contribution in [2.24, 2.45) is 0 Å². The van der Waals surface area contributed by atoms with Crippen LogP contribution in [0.5, 0.6) is 0 Å². The summed E-state index contributed by atoms with van der Waals surface area (Å²) in [7, 11) is 0. The fourth-order valence-electron chi connectivity index (χ4n) is 1.64. The Bertz CT molecular complexity index is 548. The molecule has 104 valence electrons. The Morgan fingerprint density at radius 1 is 0.950 bits per heavy atom. The molecule has 20 heavy (non-hydrogen) atoms. The van der Waals surface area contributed by atoms with Crippen molar-refractivity contribution < 1.29 is 14.3 Å². The van der Waals surface area contributed by atoms with Crippen LogP contribution in [0.2, 0.25) is 0 Å². The lowest BCUT2D eigenvalue weighted by atomic mass is 10.2. The predicted molar refractivity (Wildman–Crippen MR) is 72.9 cm³/mol. The van der Waals surface area contributed by atoms with Crippen molar-refractivity contribution in [2.45, 2.75) is 27.1 Å². The maximum Gasteiger partial charge on any atom is 0.509 e. The van der Waals surface area contributed by atoms with Crippen LogP contribution in [0, 0.1) is 13.8 Å². The van der Waals surface area contributed by atoms with Gasteiger partial charge in [-0.05, 0) is 37.1 Å². The fourth-order valence-corrected chi connectivity index (χ4v) is 1.64. The van der Waals surface area contributed by atoms with Crippen LogP contribution in [0.3, 0.4) is 0 Å². The van der Waals surface area contributed by atoms with E-state index < -0.39 is 6.16 Å². The number of rotatable bonds is 4. The number of aryl methyl sites for hydroxylation is 2. The van der Waals surface area contributed by atoms with E-state index in [0.717, 1.165) is 22.5 Å². The molecule has 2 aromatic rings. The number of hydrogen-bond donors (Lipinski definition) is 0. The summed E-state index contributed by atoms with van der Waals surface area (Å²) in [4.78, 5) is 19.8. The second-order valence-electron chi connectivity index (χ2n) is 4.36. The van der Waals surface area contributed by atoms with Gasteiger partial charge in [-0.1, -0.05) is 12.1 Å². The summed E-state index contributed by atoms with van der Waals surface area (Å²) in [5, 5.41) is 0. The molecule has 0 fully saturated rings. The number of carbonyl (C=O) groups is 1. The molecule has 0 amide bonds. The van der Waals surface area contributed by atoms with Crippen LogP contribution in [-0.4, -0.2) is 16.1 Å². The van der Waals surface area contributed by atoms with Gasteiger partial charge in [0.15, 0.2) is 0 Å². The highest BCUT2D eigenvalue weighted by molar-refractivity contribution is 5.59. The van der Waals surface area contributed by atoms with Gasteiger partial charge in [0, 0.05) is 12.4 Å². The highest BCUT2D eigenvalue weighted by atomic mass is 16.7. The third-order valence-corrected chi connectivity index (χ3v) is 2.89. The molecule has 0 radical (unpaired) electrons. The van der Waals surface area contributed by atoms with Gasteiger partial charge in [-0.15, -0.1) is 0 Å². The van der Waals surface area contributed by atoms with Crippen LogP contribution >= 0.6 is 0 Å². The van der Waals surface area contributed by atoms with Gasteiger partial charge in [-0.2, -0.15) is 0 Å². The molecule has 0 aromatic carbocycles. The molecule has 0 N–H and O–H groups in total. The molecule has 0 spiro atoms. The van der Waals surface area contributed by atoms with Crippen molar-refractivity contribution in [2.75, 3.05) is 0 Å². The van der Waals surface area contributed by atoms with E-state index in [9.17, 15) is 4.79 Å². The number of ether oxygens (including phenoxy) is 2. The first kappa shape index (κ1) is 14.0. The Hall–Kier alpha value is -2.43. The van der Waals surface area contributed by atoms with Crippen molar-refractivity contribution in [1.29, 1.82) is 0 Å². The molecular weight excluding hydrogens is 256 g/mol. The van der Waals surface area contributed by atoms with E-state index in [0.29, 0.717) is 0 Å². The lowest BCUT2D eigenvalue weighted by molar-refractivity contribution is 0.0428. The van der Waals surface area contributed by atoms with Gasteiger partial charge in [-0.25, -0.2) is 4.79 Å². The molecule has 0 atom stereocenters. The van der Waals surface area contributed by atoms with E-state index in [1.165, 1.54) is 0 Å². The summed E-state index contributed by atoms with van der Waals surface area (Å²) in [6.45, 7) is 4.03. The van der Waals surface area contributed by atoms with Crippen molar-refractivity contribution in [1.82, 2.24) is 9.97 Å².